The molecular weight excluding hydrogens is 393 g/mol. The van der Waals surface area contributed by atoms with Gasteiger partial charge in [0.2, 0.25) is 5.78 Å². The molecule has 0 aromatic carbocycles. The summed E-state index contributed by atoms with van der Waals surface area (Å²) in [5, 5.41) is 25.0. The summed E-state index contributed by atoms with van der Waals surface area (Å²) in [7, 11) is 0. The summed E-state index contributed by atoms with van der Waals surface area (Å²) < 4.78 is 16.9. The molecule has 30 heavy (non-hydrogen) atoms. The summed E-state index contributed by atoms with van der Waals surface area (Å²) in [6.45, 7) is 4.52. The second-order valence-electron chi connectivity index (χ2n) is 9.94. The molecule has 0 bridgehead atoms. The molecule has 8 atom stereocenters. The van der Waals surface area contributed by atoms with Gasteiger partial charge in [-0.2, -0.15) is 0 Å². The standard InChI is InChI=1S/C22H28FNO6/c1-12-8-16-15-5-4-13-9-14(25)6-7-19(13,2)21(15,23)17(26)10-20(16,3)22(12,28)18(27)11-30-24-29/h6-7,9,12,15-17,26,28H,4-5,8,10-11H2,1-3H3/t12-,15+,16+,17+,19+,20+,21+,22+/m1/s1. The molecule has 4 rings (SSSR count). The van der Waals surface area contributed by atoms with Gasteiger partial charge in [-0.15, -0.1) is 4.91 Å². The van der Waals surface area contributed by atoms with Crippen LogP contribution < -0.4 is 0 Å². The summed E-state index contributed by atoms with van der Waals surface area (Å²) in [5.74, 6) is -2.32. The third-order valence-electron chi connectivity index (χ3n) is 8.90. The van der Waals surface area contributed by atoms with E-state index >= 15 is 4.39 Å². The van der Waals surface area contributed by atoms with Crippen LogP contribution >= 0.6 is 0 Å². The van der Waals surface area contributed by atoms with E-state index in [4.69, 9.17) is 0 Å². The fourth-order valence-corrected chi connectivity index (χ4v) is 7.34. The van der Waals surface area contributed by atoms with Crippen LogP contribution in [0.3, 0.4) is 0 Å². The molecule has 0 aliphatic heterocycles. The van der Waals surface area contributed by atoms with Gasteiger partial charge in [0, 0.05) is 16.7 Å². The zero-order chi connectivity index (χ0) is 22.1. The molecule has 164 valence electrons. The van der Waals surface area contributed by atoms with Gasteiger partial charge in [-0.1, -0.05) is 25.5 Å². The summed E-state index contributed by atoms with van der Waals surface area (Å²) in [5.41, 5.74) is -5.41. The number of Topliss-reactive ketones (excluding diaryl/α,β-unsaturated/α-hetero) is 1. The number of carbonyl (C=O) groups excluding carboxylic acids is 2. The van der Waals surface area contributed by atoms with E-state index in [1.54, 1.807) is 26.8 Å². The van der Waals surface area contributed by atoms with Gasteiger partial charge in [-0.05, 0) is 56.6 Å². The first-order valence-electron chi connectivity index (χ1n) is 10.5. The first-order valence-corrected chi connectivity index (χ1v) is 10.5. The van der Waals surface area contributed by atoms with E-state index in [2.05, 4.69) is 10.2 Å². The van der Waals surface area contributed by atoms with E-state index in [1.165, 1.54) is 12.2 Å². The minimum absolute atomic E-state index is 0.115. The molecule has 0 spiro atoms. The van der Waals surface area contributed by atoms with Crippen molar-refractivity contribution in [3.8, 4) is 0 Å². The van der Waals surface area contributed by atoms with Gasteiger partial charge in [0.25, 0.3) is 0 Å². The number of ketones is 2. The lowest BCUT2D eigenvalue weighted by atomic mass is 9.44. The zero-order valence-corrected chi connectivity index (χ0v) is 17.4. The lowest BCUT2D eigenvalue weighted by molar-refractivity contribution is -0.219. The van der Waals surface area contributed by atoms with Crippen molar-refractivity contribution in [2.75, 3.05) is 6.61 Å². The van der Waals surface area contributed by atoms with Crippen molar-refractivity contribution in [1.82, 2.24) is 0 Å². The van der Waals surface area contributed by atoms with Gasteiger partial charge in [0.05, 0.1) is 6.10 Å². The number of fused-ring (bicyclic) bond motifs is 5. The Hall–Kier alpha value is -1.93. The lowest BCUT2D eigenvalue weighted by Crippen LogP contribution is -2.69. The number of nitrogens with zero attached hydrogens (tertiary/aromatic N) is 1. The number of carbonyl (C=O) groups is 2. The molecule has 0 heterocycles. The van der Waals surface area contributed by atoms with Crippen LogP contribution in [0.5, 0.6) is 0 Å². The highest BCUT2D eigenvalue weighted by atomic mass is 19.1. The van der Waals surface area contributed by atoms with E-state index in [9.17, 15) is 24.7 Å². The second kappa shape index (κ2) is 6.53. The molecule has 7 nitrogen and oxygen atoms in total. The molecule has 4 aliphatic carbocycles. The average molecular weight is 421 g/mol. The molecular formula is C22H28FNO6. The Labute approximate surface area is 174 Å². The predicted molar refractivity (Wildman–Crippen MR) is 105 cm³/mol. The van der Waals surface area contributed by atoms with E-state index in [0.29, 0.717) is 24.8 Å². The van der Waals surface area contributed by atoms with Crippen LogP contribution in [-0.4, -0.2) is 45.8 Å². The van der Waals surface area contributed by atoms with Crippen LogP contribution in [0.4, 0.5) is 4.39 Å². The Kier molecular flexibility index (Phi) is 4.64. The SMILES string of the molecule is C[C@@H]1C[C@H]2[C@@H]3CCC4=CC(=O)C=C[C@]4(C)[C@@]3(F)[C@@H](O)C[C@]2(C)[C@@]1(O)C(=O)CON=O. The average Bonchev–Trinajstić information content (AvgIpc) is 2.89. The Morgan fingerprint density at radius 2 is 2.07 bits per heavy atom. The van der Waals surface area contributed by atoms with Crippen molar-refractivity contribution in [2.45, 2.75) is 63.8 Å². The Morgan fingerprint density at radius 1 is 1.37 bits per heavy atom. The van der Waals surface area contributed by atoms with Gasteiger partial charge in [0.1, 0.15) is 5.60 Å². The number of alkyl halides is 1. The van der Waals surface area contributed by atoms with Crippen LogP contribution in [0, 0.1) is 33.5 Å². The van der Waals surface area contributed by atoms with Crippen molar-refractivity contribution < 1.29 is 29.0 Å². The molecule has 0 aromatic heterocycles. The van der Waals surface area contributed by atoms with Crippen molar-refractivity contribution in [2.24, 2.45) is 33.9 Å². The third kappa shape index (κ3) is 2.32. The first-order chi connectivity index (χ1) is 14.0. The van der Waals surface area contributed by atoms with Gasteiger partial charge < -0.3 is 15.1 Å². The molecule has 4 aliphatic rings. The normalized spacial score (nSPS) is 49.5. The Balaban J connectivity index is 1.78. The summed E-state index contributed by atoms with van der Waals surface area (Å²) in [6, 6.07) is 0. The molecule has 0 aromatic rings. The van der Waals surface area contributed by atoms with Crippen LogP contribution in [0.2, 0.25) is 0 Å². The largest absolute Gasteiger partial charge is 0.390 e. The maximum atomic E-state index is 16.9. The molecule has 0 unspecified atom stereocenters. The van der Waals surface area contributed by atoms with Crippen LogP contribution in [0.25, 0.3) is 0 Å². The molecule has 3 saturated carbocycles. The van der Waals surface area contributed by atoms with E-state index in [-0.39, 0.29) is 18.1 Å². The van der Waals surface area contributed by atoms with Crippen LogP contribution in [-0.2, 0) is 14.4 Å². The monoisotopic (exact) mass is 421 g/mol. The number of allylic oxidation sites excluding steroid dienone is 4. The molecule has 0 saturated heterocycles. The van der Waals surface area contributed by atoms with Crippen molar-refractivity contribution >= 4 is 11.6 Å². The maximum Gasteiger partial charge on any atom is 0.205 e. The van der Waals surface area contributed by atoms with Crippen LogP contribution in [0.15, 0.2) is 29.1 Å². The van der Waals surface area contributed by atoms with Crippen molar-refractivity contribution in [3.63, 3.8) is 0 Å². The molecule has 0 amide bonds. The third-order valence-corrected chi connectivity index (χ3v) is 8.90. The number of rotatable bonds is 4. The van der Waals surface area contributed by atoms with Gasteiger partial charge in [0.15, 0.2) is 23.4 Å². The van der Waals surface area contributed by atoms with E-state index < -0.39 is 52.4 Å². The highest BCUT2D eigenvalue weighted by Gasteiger charge is 2.75. The predicted octanol–water partition coefficient (Wildman–Crippen LogP) is 2.60. The molecule has 2 N–H and O–H groups in total. The number of halogens is 1. The van der Waals surface area contributed by atoms with Crippen molar-refractivity contribution in [3.05, 3.63) is 28.7 Å². The lowest BCUT2D eigenvalue weighted by Gasteiger charge is -2.62. The summed E-state index contributed by atoms with van der Waals surface area (Å²) in [6.07, 6.45) is 4.19. The maximum absolute atomic E-state index is 16.9. The minimum Gasteiger partial charge on any atom is -0.390 e. The molecule has 0 radical (unpaired) electrons. The number of hydrogen-bond acceptors (Lipinski definition) is 7. The molecule has 8 heteroatoms. The van der Waals surface area contributed by atoms with Gasteiger partial charge in [-0.3, -0.25) is 9.59 Å². The topological polar surface area (TPSA) is 113 Å². The number of hydrogen-bond donors (Lipinski definition) is 2. The van der Waals surface area contributed by atoms with Gasteiger partial charge >= 0.3 is 0 Å². The van der Waals surface area contributed by atoms with Crippen molar-refractivity contribution in [1.29, 1.82) is 0 Å². The van der Waals surface area contributed by atoms with E-state index in [0.717, 1.165) is 0 Å². The highest BCUT2D eigenvalue weighted by Crippen LogP contribution is 2.70. The Bertz CT molecular complexity index is 872. The fourth-order valence-electron chi connectivity index (χ4n) is 7.34. The quantitative estimate of drug-likeness (QED) is 0.533. The van der Waals surface area contributed by atoms with Gasteiger partial charge in [-0.25, -0.2) is 4.39 Å². The smallest absolute Gasteiger partial charge is 0.205 e. The first kappa shape index (κ1) is 21.3. The van der Waals surface area contributed by atoms with E-state index in [1.807, 2.05) is 0 Å². The number of aliphatic hydroxyl groups excluding tert-OH is 1. The second-order valence-corrected chi connectivity index (χ2v) is 9.94. The summed E-state index contributed by atoms with van der Waals surface area (Å²) >= 11 is 0. The number of aliphatic hydroxyl groups is 2. The Morgan fingerprint density at radius 3 is 2.73 bits per heavy atom. The summed E-state index contributed by atoms with van der Waals surface area (Å²) in [4.78, 5) is 39.4. The van der Waals surface area contributed by atoms with Crippen LogP contribution in [0.1, 0.15) is 46.5 Å². The minimum atomic E-state index is -2.02. The highest BCUT2D eigenvalue weighted by molar-refractivity contribution is 6.01. The molecule has 3 fully saturated rings. The zero-order valence-electron chi connectivity index (χ0n) is 17.4. The fraction of sp³-hybridized carbons (Fsp3) is 0.727.